The van der Waals surface area contributed by atoms with E-state index in [0.717, 1.165) is 6.61 Å². The molecule has 1 heterocycles. The second-order valence-electron chi connectivity index (χ2n) is 2.71. The van der Waals surface area contributed by atoms with Gasteiger partial charge in [-0.3, -0.25) is 0 Å². The molecule has 1 radical (unpaired) electrons. The van der Waals surface area contributed by atoms with E-state index in [1.165, 1.54) is 0 Å². The van der Waals surface area contributed by atoms with Gasteiger partial charge in [-0.15, -0.1) is 0 Å². The lowest BCUT2D eigenvalue weighted by Gasteiger charge is -2.08. The Bertz CT molecular complexity index is 70.5. The van der Waals surface area contributed by atoms with Crippen molar-refractivity contribution in [2.24, 2.45) is 11.8 Å². The normalized spacial score (nSPS) is 47.6. The molecule has 47 valence electrons. The van der Waals surface area contributed by atoms with Gasteiger partial charge in [-0.1, -0.05) is 13.8 Å². The summed E-state index contributed by atoms with van der Waals surface area (Å²) >= 11 is 0. The van der Waals surface area contributed by atoms with E-state index in [1.54, 1.807) is 0 Å². The van der Waals surface area contributed by atoms with Gasteiger partial charge < -0.3 is 4.74 Å². The highest BCUT2D eigenvalue weighted by Gasteiger charge is 2.26. The molecule has 0 aromatic heterocycles. The van der Waals surface area contributed by atoms with Gasteiger partial charge in [-0.2, -0.15) is 0 Å². The first-order chi connectivity index (χ1) is 3.72. The SMILES string of the molecule is [CH2]C1OCC(C)C1C. The molecule has 1 aliphatic rings. The summed E-state index contributed by atoms with van der Waals surface area (Å²) < 4.78 is 5.27. The molecule has 1 saturated heterocycles. The van der Waals surface area contributed by atoms with Gasteiger partial charge >= 0.3 is 0 Å². The maximum atomic E-state index is 5.27. The summed E-state index contributed by atoms with van der Waals surface area (Å²) in [7, 11) is 0. The molecule has 1 nitrogen and oxygen atoms in total. The van der Waals surface area contributed by atoms with E-state index in [-0.39, 0.29) is 6.10 Å². The van der Waals surface area contributed by atoms with Crippen LogP contribution in [0.25, 0.3) is 0 Å². The minimum atomic E-state index is 0.241. The van der Waals surface area contributed by atoms with Gasteiger partial charge in [0.15, 0.2) is 0 Å². The summed E-state index contributed by atoms with van der Waals surface area (Å²) in [6, 6.07) is 0. The number of hydrogen-bond acceptors (Lipinski definition) is 1. The fourth-order valence-corrected chi connectivity index (χ4v) is 0.945. The summed E-state index contributed by atoms with van der Waals surface area (Å²) in [5, 5.41) is 0. The van der Waals surface area contributed by atoms with Crippen LogP contribution in [0.15, 0.2) is 0 Å². The molecule has 0 amide bonds. The highest BCUT2D eigenvalue weighted by molar-refractivity contribution is 4.78. The Morgan fingerprint density at radius 2 is 2.12 bits per heavy atom. The lowest BCUT2D eigenvalue weighted by molar-refractivity contribution is 0.127. The molecule has 0 saturated carbocycles. The third kappa shape index (κ3) is 0.873. The molecule has 0 bridgehead atoms. The Morgan fingerprint density at radius 1 is 1.50 bits per heavy atom. The van der Waals surface area contributed by atoms with Gasteiger partial charge in [0, 0.05) is 6.61 Å². The van der Waals surface area contributed by atoms with Crippen molar-refractivity contribution >= 4 is 0 Å². The summed E-state index contributed by atoms with van der Waals surface area (Å²) in [5.74, 6) is 1.35. The molecule has 1 rings (SSSR count). The highest BCUT2D eigenvalue weighted by atomic mass is 16.5. The predicted molar refractivity (Wildman–Crippen MR) is 33.4 cm³/mol. The van der Waals surface area contributed by atoms with Crippen LogP contribution in [0.3, 0.4) is 0 Å². The quantitative estimate of drug-likeness (QED) is 0.462. The van der Waals surface area contributed by atoms with Crippen LogP contribution in [0, 0.1) is 18.8 Å². The topological polar surface area (TPSA) is 9.23 Å². The minimum Gasteiger partial charge on any atom is -0.378 e. The number of ether oxygens (including phenoxy) is 1. The molecule has 3 atom stereocenters. The first kappa shape index (κ1) is 6.09. The molecule has 0 N–H and O–H groups in total. The first-order valence-corrected chi connectivity index (χ1v) is 3.16. The molecular weight excluding hydrogens is 100 g/mol. The average Bonchev–Trinajstić information content (AvgIpc) is 1.98. The standard InChI is InChI=1S/C7H13O/c1-5-4-8-7(3)6(5)2/h5-7H,3-4H2,1-2H3. The van der Waals surface area contributed by atoms with E-state index in [2.05, 4.69) is 20.8 Å². The van der Waals surface area contributed by atoms with Gasteiger partial charge in [0.05, 0.1) is 6.10 Å². The Hall–Kier alpha value is -0.0400. The van der Waals surface area contributed by atoms with Crippen molar-refractivity contribution in [3.8, 4) is 0 Å². The Kier molecular flexibility index (Phi) is 1.57. The van der Waals surface area contributed by atoms with Crippen molar-refractivity contribution in [2.45, 2.75) is 20.0 Å². The molecule has 1 heteroatoms. The maximum Gasteiger partial charge on any atom is 0.0605 e. The zero-order chi connectivity index (χ0) is 6.15. The van der Waals surface area contributed by atoms with Gasteiger partial charge in [0.1, 0.15) is 0 Å². The van der Waals surface area contributed by atoms with Crippen LogP contribution in [0.2, 0.25) is 0 Å². The van der Waals surface area contributed by atoms with Crippen LogP contribution in [-0.2, 0) is 4.74 Å². The predicted octanol–water partition coefficient (Wildman–Crippen LogP) is 1.49. The van der Waals surface area contributed by atoms with Crippen LogP contribution in [-0.4, -0.2) is 12.7 Å². The lowest BCUT2D eigenvalue weighted by atomic mass is 9.96. The van der Waals surface area contributed by atoms with Crippen molar-refractivity contribution in [2.75, 3.05) is 6.61 Å². The molecular formula is C7H13O. The van der Waals surface area contributed by atoms with E-state index in [9.17, 15) is 0 Å². The molecule has 0 spiro atoms. The molecule has 0 aromatic carbocycles. The van der Waals surface area contributed by atoms with Crippen molar-refractivity contribution in [3.05, 3.63) is 6.92 Å². The minimum absolute atomic E-state index is 0.241. The second kappa shape index (κ2) is 2.06. The third-order valence-corrected chi connectivity index (χ3v) is 2.06. The monoisotopic (exact) mass is 113 g/mol. The van der Waals surface area contributed by atoms with E-state index in [0.29, 0.717) is 11.8 Å². The fourth-order valence-electron chi connectivity index (χ4n) is 0.945. The van der Waals surface area contributed by atoms with E-state index in [4.69, 9.17) is 4.74 Å². The van der Waals surface area contributed by atoms with Crippen molar-refractivity contribution in [1.82, 2.24) is 0 Å². The van der Waals surface area contributed by atoms with Crippen molar-refractivity contribution < 1.29 is 4.74 Å². The van der Waals surface area contributed by atoms with Gasteiger partial charge in [-0.05, 0) is 18.8 Å². The maximum absolute atomic E-state index is 5.27. The van der Waals surface area contributed by atoms with E-state index in [1.807, 2.05) is 0 Å². The largest absolute Gasteiger partial charge is 0.378 e. The summed E-state index contributed by atoms with van der Waals surface area (Å²) in [6.07, 6.45) is 0.241. The van der Waals surface area contributed by atoms with E-state index < -0.39 is 0 Å². The van der Waals surface area contributed by atoms with Gasteiger partial charge in [0.25, 0.3) is 0 Å². The molecule has 3 unspecified atom stereocenters. The zero-order valence-electron chi connectivity index (χ0n) is 5.55. The summed E-state index contributed by atoms with van der Waals surface area (Å²) in [6.45, 7) is 9.14. The highest BCUT2D eigenvalue weighted by Crippen LogP contribution is 2.24. The van der Waals surface area contributed by atoms with Crippen LogP contribution in [0.1, 0.15) is 13.8 Å². The van der Waals surface area contributed by atoms with Crippen LogP contribution >= 0.6 is 0 Å². The summed E-state index contributed by atoms with van der Waals surface area (Å²) in [4.78, 5) is 0. The van der Waals surface area contributed by atoms with Gasteiger partial charge in [-0.25, -0.2) is 0 Å². The smallest absolute Gasteiger partial charge is 0.0605 e. The molecule has 0 aliphatic carbocycles. The Morgan fingerprint density at radius 3 is 2.25 bits per heavy atom. The first-order valence-electron chi connectivity index (χ1n) is 3.16. The van der Waals surface area contributed by atoms with Crippen LogP contribution in [0.5, 0.6) is 0 Å². The van der Waals surface area contributed by atoms with Gasteiger partial charge in [0.2, 0.25) is 0 Å². The number of rotatable bonds is 0. The van der Waals surface area contributed by atoms with Crippen LogP contribution in [0.4, 0.5) is 0 Å². The summed E-state index contributed by atoms with van der Waals surface area (Å²) in [5.41, 5.74) is 0. The molecule has 0 aromatic rings. The van der Waals surface area contributed by atoms with Crippen molar-refractivity contribution in [1.29, 1.82) is 0 Å². The Labute approximate surface area is 51.0 Å². The van der Waals surface area contributed by atoms with E-state index >= 15 is 0 Å². The average molecular weight is 113 g/mol. The molecule has 8 heavy (non-hydrogen) atoms. The molecule has 1 fully saturated rings. The fraction of sp³-hybridized carbons (Fsp3) is 0.857. The lowest BCUT2D eigenvalue weighted by Crippen LogP contribution is -2.11. The van der Waals surface area contributed by atoms with Crippen molar-refractivity contribution in [3.63, 3.8) is 0 Å². The molecule has 1 aliphatic heterocycles. The second-order valence-corrected chi connectivity index (χ2v) is 2.71. The Balaban J connectivity index is 2.44. The third-order valence-electron chi connectivity index (χ3n) is 2.06. The van der Waals surface area contributed by atoms with Crippen LogP contribution < -0.4 is 0 Å². The zero-order valence-corrected chi connectivity index (χ0v) is 5.55. The number of hydrogen-bond donors (Lipinski definition) is 0.